The van der Waals surface area contributed by atoms with E-state index in [1.165, 1.54) is 12.8 Å². The van der Waals surface area contributed by atoms with Gasteiger partial charge in [-0.15, -0.1) is 0 Å². The van der Waals surface area contributed by atoms with Crippen molar-refractivity contribution in [3.05, 3.63) is 42.5 Å². The summed E-state index contributed by atoms with van der Waals surface area (Å²) in [6.45, 7) is 2.20. The fraction of sp³-hybridized carbons (Fsp3) is 0.400. The van der Waals surface area contributed by atoms with E-state index in [1.807, 2.05) is 42.5 Å². The second-order valence-electron chi connectivity index (χ2n) is 5.97. The summed E-state index contributed by atoms with van der Waals surface area (Å²) in [5, 5.41) is 0.998. The molecular weight excluding hydrogens is 374 g/mol. The molecule has 0 spiro atoms. The molecule has 2 aromatic carbocycles. The van der Waals surface area contributed by atoms with Gasteiger partial charge < -0.3 is 9.47 Å². The molecule has 0 N–H and O–H groups in total. The average molecular weight is 400 g/mol. The molecule has 0 amide bonds. The van der Waals surface area contributed by atoms with Gasteiger partial charge in [-0.3, -0.25) is 0 Å². The van der Waals surface area contributed by atoms with Crippen LogP contribution >= 0.6 is 28.4 Å². The zero-order chi connectivity index (χ0) is 18.3. The fourth-order valence-electron chi connectivity index (χ4n) is 2.94. The van der Waals surface area contributed by atoms with Gasteiger partial charge in [-0.2, -0.15) is 0 Å². The Labute approximate surface area is 161 Å². The summed E-state index contributed by atoms with van der Waals surface area (Å²) in [5.41, 5.74) is 1.90. The Kier molecular flexibility index (Phi) is 7.87. The van der Waals surface area contributed by atoms with E-state index in [9.17, 15) is 0 Å². The summed E-state index contributed by atoms with van der Waals surface area (Å²) in [5.74, 6) is -0.754. The van der Waals surface area contributed by atoms with E-state index in [2.05, 4.69) is 6.92 Å². The zero-order valence-corrected chi connectivity index (χ0v) is 17.5. The number of hydrogen-bond acceptors (Lipinski definition) is 2. The van der Waals surface area contributed by atoms with Crippen molar-refractivity contribution in [2.75, 3.05) is 20.4 Å². The number of unbranched alkanes of at least 4 members (excludes halogenated alkanes) is 3. The Morgan fingerprint density at radius 2 is 1.48 bits per heavy atom. The van der Waals surface area contributed by atoms with Gasteiger partial charge in [0.1, 0.15) is 39.3 Å². The monoisotopic (exact) mass is 399 g/mol. The molecule has 5 heteroatoms. The third kappa shape index (κ3) is 5.03. The van der Waals surface area contributed by atoms with Crippen molar-refractivity contribution < 1.29 is 9.47 Å². The maximum atomic E-state index is 6.88. The smallest absolute Gasteiger partial charge is 0.244 e. The molecule has 2 nitrogen and oxygen atoms in total. The Morgan fingerprint density at radius 3 is 2.08 bits per heavy atom. The normalized spacial score (nSPS) is 11.4. The number of halogens is 2. The maximum Gasteiger partial charge on any atom is 0.244 e. The van der Waals surface area contributed by atoms with Crippen LogP contribution in [0.15, 0.2) is 42.5 Å². The molecule has 0 bridgehead atoms. The molecule has 0 heterocycles. The van der Waals surface area contributed by atoms with Crippen molar-refractivity contribution in [1.82, 2.24) is 0 Å². The van der Waals surface area contributed by atoms with Gasteiger partial charge in [0.15, 0.2) is 0 Å². The Hall–Kier alpha value is -0.950. The van der Waals surface area contributed by atoms with Gasteiger partial charge in [-0.25, -0.2) is 0 Å². The number of rotatable bonds is 9. The van der Waals surface area contributed by atoms with Gasteiger partial charge in [-0.05, 0) is 31.0 Å². The lowest BCUT2D eigenvalue weighted by Crippen LogP contribution is -2.10. The van der Waals surface area contributed by atoms with Crippen LogP contribution in [0.2, 0.25) is 0 Å². The van der Waals surface area contributed by atoms with E-state index < -0.39 is 5.97 Å². The van der Waals surface area contributed by atoms with Crippen molar-refractivity contribution in [1.29, 1.82) is 0 Å². The van der Waals surface area contributed by atoms with Crippen LogP contribution in [0.4, 0.5) is 0 Å². The third-order valence-electron chi connectivity index (χ3n) is 4.25. The standard InChI is InChI=1S/C20H26Cl2O2P/c1-4-5-6-9-15-25(21,22)19-14-8-7-11-16(19)20-17(23-2)12-10-13-18(20)24-3/h7-8,10-14H,4-6,9,15H2,1-3H3/q+1. The highest BCUT2D eigenvalue weighted by atomic mass is 35.9. The summed E-state index contributed by atoms with van der Waals surface area (Å²) >= 11 is 13.8. The van der Waals surface area contributed by atoms with Gasteiger partial charge in [0.2, 0.25) is 5.97 Å². The maximum absolute atomic E-state index is 6.88. The van der Waals surface area contributed by atoms with Crippen LogP contribution in [0.3, 0.4) is 0 Å². The van der Waals surface area contributed by atoms with Crippen LogP contribution in [0.1, 0.15) is 32.6 Å². The second kappa shape index (κ2) is 9.67. The number of hydrogen-bond donors (Lipinski definition) is 0. The first-order valence-corrected chi connectivity index (χ1v) is 12.4. The number of ether oxygens (including phenoxy) is 2. The molecule has 0 aliphatic rings. The predicted molar refractivity (Wildman–Crippen MR) is 112 cm³/mol. The summed E-state index contributed by atoms with van der Waals surface area (Å²) in [6, 6.07) is 13.8. The van der Waals surface area contributed by atoms with Crippen molar-refractivity contribution in [3.63, 3.8) is 0 Å². The van der Waals surface area contributed by atoms with Gasteiger partial charge in [0, 0.05) is 5.56 Å². The highest BCUT2D eigenvalue weighted by Crippen LogP contribution is 2.69. The van der Waals surface area contributed by atoms with E-state index in [-0.39, 0.29) is 0 Å². The highest BCUT2D eigenvalue weighted by Gasteiger charge is 2.40. The van der Waals surface area contributed by atoms with Gasteiger partial charge in [-0.1, -0.05) is 44.0 Å². The summed E-state index contributed by atoms with van der Waals surface area (Å²) in [6.07, 6.45) is 5.45. The molecule has 0 saturated carbocycles. The van der Waals surface area contributed by atoms with Crippen molar-refractivity contribution >= 4 is 33.8 Å². The van der Waals surface area contributed by atoms with Gasteiger partial charge >= 0.3 is 0 Å². The largest absolute Gasteiger partial charge is 0.496 e. The predicted octanol–water partition coefficient (Wildman–Crippen LogP) is 6.90. The Morgan fingerprint density at radius 1 is 0.840 bits per heavy atom. The minimum Gasteiger partial charge on any atom is -0.496 e. The molecule has 0 radical (unpaired) electrons. The van der Waals surface area contributed by atoms with Crippen LogP contribution in [0.5, 0.6) is 11.5 Å². The minimum absolute atomic E-state index is 0.756. The molecule has 0 aromatic heterocycles. The van der Waals surface area contributed by atoms with Crippen LogP contribution < -0.4 is 14.8 Å². The topological polar surface area (TPSA) is 18.5 Å². The fourth-order valence-corrected chi connectivity index (χ4v) is 6.25. The Balaban J connectivity index is 2.45. The van der Waals surface area contributed by atoms with Gasteiger partial charge in [0.25, 0.3) is 0 Å². The molecule has 0 saturated heterocycles. The van der Waals surface area contributed by atoms with Crippen LogP contribution in [-0.4, -0.2) is 20.4 Å². The molecule has 136 valence electrons. The molecular formula is C20H26Cl2O2P+. The molecule has 0 aliphatic heterocycles. The molecule has 2 rings (SSSR count). The van der Waals surface area contributed by atoms with Crippen molar-refractivity contribution in [2.24, 2.45) is 0 Å². The average Bonchev–Trinajstić information content (AvgIpc) is 2.64. The number of benzene rings is 2. The zero-order valence-electron chi connectivity index (χ0n) is 15.1. The van der Waals surface area contributed by atoms with Crippen LogP contribution in [0, 0.1) is 0 Å². The van der Waals surface area contributed by atoms with Gasteiger partial charge in [0.05, 0.1) is 25.9 Å². The molecule has 2 aromatic rings. The third-order valence-corrected chi connectivity index (χ3v) is 8.33. The van der Waals surface area contributed by atoms with E-state index >= 15 is 0 Å². The van der Waals surface area contributed by atoms with Crippen LogP contribution in [0.25, 0.3) is 11.1 Å². The lowest BCUT2D eigenvalue weighted by atomic mass is 10.0. The van der Waals surface area contributed by atoms with E-state index in [4.69, 9.17) is 32.0 Å². The molecule has 25 heavy (non-hydrogen) atoms. The molecule has 0 unspecified atom stereocenters. The Bertz CT molecular complexity index is 667. The molecule has 0 atom stereocenters. The van der Waals surface area contributed by atoms with Crippen molar-refractivity contribution in [2.45, 2.75) is 32.6 Å². The minimum atomic E-state index is -2.27. The second-order valence-corrected chi connectivity index (χ2v) is 12.1. The quantitative estimate of drug-likeness (QED) is 0.337. The lowest BCUT2D eigenvalue weighted by Gasteiger charge is -2.18. The summed E-state index contributed by atoms with van der Waals surface area (Å²) in [7, 11) is 3.32. The first-order chi connectivity index (χ1) is 12.0. The summed E-state index contributed by atoms with van der Waals surface area (Å²) in [4.78, 5) is 0. The van der Waals surface area contributed by atoms with E-state index in [0.717, 1.165) is 46.9 Å². The number of methoxy groups -OCH3 is 2. The first kappa shape index (κ1) is 20.4. The van der Waals surface area contributed by atoms with E-state index in [0.29, 0.717) is 0 Å². The molecule has 0 aliphatic carbocycles. The highest BCUT2D eigenvalue weighted by molar-refractivity contribution is 8.22. The summed E-state index contributed by atoms with van der Waals surface area (Å²) < 4.78 is 11.1. The van der Waals surface area contributed by atoms with Crippen molar-refractivity contribution in [3.8, 4) is 22.6 Å². The molecule has 0 fully saturated rings. The van der Waals surface area contributed by atoms with Crippen LogP contribution in [-0.2, 0) is 0 Å². The SMILES string of the molecule is CCCCCC[P+](Cl)(Cl)c1ccccc1-c1c(OC)cccc1OC. The first-order valence-electron chi connectivity index (χ1n) is 8.63. The van der Waals surface area contributed by atoms with E-state index in [1.54, 1.807) is 14.2 Å². The lowest BCUT2D eigenvalue weighted by molar-refractivity contribution is 0.397.